The Morgan fingerprint density at radius 3 is 2.73 bits per heavy atom. The number of amides is 1. The Hall–Kier alpha value is -1.59. The number of anilines is 1. The van der Waals surface area contributed by atoms with Crippen LogP contribution < -0.4 is 10.2 Å². The second kappa shape index (κ2) is 7.97. The summed E-state index contributed by atoms with van der Waals surface area (Å²) in [5, 5.41) is 3.12. The summed E-state index contributed by atoms with van der Waals surface area (Å²) >= 11 is 0. The third-order valence-electron chi connectivity index (χ3n) is 6.15. The SMILES string of the molecule is Cc1ccc(N2CC[C@@H]3C[C@H](C(=O)NCC4CCOCC4)O[C@H]3C2)cc1. The minimum absolute atomic E-state index is 0.0766. The molecule has 142 valence electrons. The van der Waals surface area contributed by atoms with Crippen molar-refractivity contribution >= 4 is 11.6 Å². The summed E-state index contributed by atoms with van der Waals surface area (Å²) in [6.45, 7) is 6.44. The highest BCUT2D eigenvalue weighted by molar-refractivity contribution is 5.81. The summed E-state index contributed by atoms with van der Waals surface area (Å²) in [5.74, 6) is 1.14. The first kappa shape index (κ1) is 17.8. The summed E-state index contributed by atoms with van der Waals surface area (Å²) in [6, 6.07) is 8.68. The molecular weight excluding hydrogens is 328 g/mol. The predicted octanol–water partition coefficient (Wildman–Crippen LogP) is 2.52. The van der Waals surface area contributed by atoms with Gasteiger partial charge >= 0.3 is 0 Å². The molecule has 0 radical (unpaired) electrons. The van der Waals surface area contributed by atoms with E-state index in [1.807, 2.05) is 0 Å². The number of carbonyl (C=O) groups excluding carboxylic acids is 1. The zero-order valence-electron chi connectivity index (χ0n) is 15.7. The molecule has 0 aromatic heterocycles. The summed E-state index contributed by atoms with van der Waals surface area (Å²) < 4.78 is 11.5. The van der Waals surface area contributed by atoms with Crippen molar-refractivity contribution in [1.29, 1.82) is 0 Å². The maximum atomic E-state index is 12.5. The van der Waals surface area contributed by atoms with Crippen LogP contribution in [0.2, 0.25) is 0 Å². The van der Waals surface area contributed by atoms with Gasteiger partial charge in [0.1, 0.15) is 6.10 Å². The van der Waals surface area contributed by atoms with E-state index in [0.29, 0.717) is 11.8 Å². The van der Waals surface area contributed by atoms with Crippen molar-refractivity contribution in [3.8, 4) is 0 Å². The van der Waals surface area contributed by atoms with Gasteiger partial charge in [-0.05, 0) is 56.6 Å². The summed E-state index contributed by atoms with van der Waals surface area (Å²) in [6.07, 6.45) is 3.95. The van der Waals surface area contributed by atoms with Crippen molar-refractivity contribution in [2.45, 2.75) is 44.8 Å². The molecule has 3 heterocycles. The highest BCUT2D eigenvalue weighted by Crippen LogP contribution is 2.35. The normalized spacial score (nSPS) is 29.4. The number of hydrogen-bond acceptors (Lipinski definition) is 4. The van der Waals surface area contributed by atoms with Gasteiger partial charge in [0, 0.05) is 38.5 Å². The van der Waals surface area contributed by atoms with Crippen LogP contribution in [0.1, 0.15) is 31.2 Å². The molecule has 0 bridgehead atoms. The van der Waals surface area contributed by atoms with Crippen molar-refractivity contribution in [2.24, 2.45) is 11.8 Å². The lowest BCUT2D eigenvalue weighted by Gasteiger charge is -2.35. The molecule has 0 spiro atoms. The smallest absolute Gasteiger partial charge is 0.249 e. The van der Waals surface area contributed by atoms with Crippen molar-refractivity contribution < 1.29 is 14.3 Å². The molecule has 1 aromatic carbocycles. The fraction of sp³-hybridized carbons (Fsp3) is 0.667. The number of nitrogens with zero attached hydrogens (tertiary/aromatic N) is 1. The molecule has 3 aliphatic rings. The van der Waals surface area contributed by atoms with E-state index in [9.17, 15) is 4.79 Å². The van der Waals surface area contributed by atoms with Gasteiger partial charge in [-0.1, -0.05) is 17.7 Å². The molecule has 1 amide bonds. The van der Waals surface area contributed by atoms with E-state index in [1.54, 1.807) is 0 Å². The minimum atomic E-state index is -0.275. The maximum Gasteiger partial charge on any atom is 0.249 e. The lowest BCUT2D eigenvalue weighted by molar-refractivity contribution is -0.132. The number of benzene rings is 1. The molecule has 0 unspecified atom stereocenters. The Balaban J connectivity index is 1.28. The molecule has 26 heavy (non-hydrogen) atoms. The first-order valence-corrected chi connectivity index (χ1v) is 10.0. The minimum Gasteiger partial charge on any atom is -0.381 e. The fourth-order valence-corrected chi connectivity index (χ4v) is 4.40. The molecule has 5 heteroatoms. The van der Waals surface area contributed by atoms with Crippen LogP contribution in [0.15, 0.2) is 24.3 Å². The Morgan fingerprint density at radius 1 is 1.19 bits per heavy atom. The van der Waals surface area contributed by atoms with Gasteiger partial charge in [-0.15, -0.1) is 0 Å². The number of hydrogen-bond donors (Lipinski definition) is 1. The van der Waals surface area contributed by atoms with Gasteiger partial charge in [-0.2, -0.15) is 0 Å². The number of piperidine rings is 1. The van der Waals surface area contributed by atoms with Crippen molar-refractivity contribution in [1.82, 2.24) is 5.32 Å². The monoisotopic (exact) mass is 358 g/mol. The Bertz CT molecular complexity index is 612. The van der Waals surface area contributed by atoms with Crippen molar-refractivity contribution in [2.75, 3.05) is 37.7 Å². The molecule has 3 fully saturated rings. The van der Waals surface area contributed by atoms with Crippen LogP contribution in [0.3, 0.4) is 0 Å². The Morgan fingerprint density at radius 2 is 1.96 bits per heavy atom. The number of aryl methyl sites for hydroxylation is 1. The third kappa shape index (κ3) is 4.04. The van der Waals surface area contributed by atoms with Crippen LogP contribution in [-0.4, -0.2) is 51.0 Å². The van der Waals surface area contributed by atoms with Crippen molar-refractivity contribution in [3.63, 3.8) is 0 Å². The van der Waals surface area contributed by atoms with Crippen LogP contribution >= 0.6 is 0 Å². The molecule has 3 aliphatic heterocycles. The van der Waals surface area contributed by atoms with E-state index >= 15 is 0 Å². The van der Waals surface area contributed by atoms with Crippen LogP contribution in [0.5, 0.6) is 0 Å². The maximum absolute atomic E-state index is 12.5. The molecule has 3 atom stereocenters. The van der Waals surface area contributed by atoms with E-state index in [-0.39, 0.29) is 18.1 Å². The second-order valence-electron chi connectivity index (χ2n) is 8.03. The second-order valence-corrected chi connectivity index (χ2v) is 8.03. The number of fused-ring (bicyclic) bond motifs is 1. The van der Waals surface area contributed by atoms with Crippen LogP contribution in [-0.2, 0) is 14.3 Å². The summed E-state index contributed by atoms with van der Waals surface area (Å²) in [5.41, 5.74) is 2.53. The van der Waals surface area contributed by atoms with Gasteiger partial charge in [-0.25, -0.2) is 0 Å². The average Bonchev–Trinajstić information content (AvgIpc) is 3.11. The van der Waals surface area contributed by atoms with Gasteiger partial charge < -0.3 is 19.7 Å². The number of nitrogens with one attached hydrogen (secondary N) is 1. The molecule has 1 aromatic rings. The summed E-state index contributed by atoms with van der Waals surface area (Å²) in [4.78, 5) is 14.9. The Labute approximate surface area is 156 Å². The van der Waals surface area contributed by atoms with Crippen LogP contribution in [0.4, 0.5) is 5.69 Å². The zero-order chi connectivity index (χ0) is 17.9. The van der Waals surface area contributed by atoms with Crippen LogP contribution in [0.25, 0.3) is 0 Å². The van der Waals surface area contributed by atoms with Gasteiger partial charge in [0.05, 0.1) is 6.10 Å². The van der Waals surface area contributed by atoms with Gasteiger partial charge in [0.25, 0.3) is 0 Å². The molecule has 4 rings (SSSR count). The number of carbonyl (C=O) groups is 1. The fourth-order valence-electron chi connectivity index (χ4n) is 4.40. The van der Waals surface area contributed by atoms with E-state index in [2.05, 4.69) is 41.4 Å². The Kier molecular flexibility index (Phi) is 5.46. The quantitative estimate of drug-likeness (QED) is 0.899. The standard InChI is InChI=1S/C21H30N2O3/c1-15-2-4-18(5-3-15)23-9-6-17-12-19(26-20(17)14-23)21(24)22-13-16-7-10-25-11-8-16/h2-5,16-17,19-20H,6-14H2,1H3,(H,22,24)/t17-,19-,20+/m1/s1. The van der Waals surface area contributed by atoms with E-state index < -0.39 is 0 Å². The van der Waals surface area contributed by atoms with Gasteiger partial charge in [0.15, 0.2) is 0 Å². The highest BCUT2D eigenvalue weighted by atomic mass is 16.5. The van der Waals surface area contributed by atoms with E-state index in [0.717, 1.165) is 58.5 Å². The first-order valence-electron chi connectivity index (χ1n) is 10.0. The third-order valence-corrected chi connectivity index (χ3v) is 6.15. The predicted molar refractivity (Wildman–Crippen MR) is 101 cm³/mol. The molecule has 5 nitrogen and oxygen atoms in total. The van der Waals surface area contributed by atoms with E-state index in [1.165, 1.54) is 11.3 Å². The van der Waals surface area contributed by atoms with Gasteiger partial charge in [0.2, 0.25) is 5.91 Å². The van der Waals surface area contributed by atoms with E-state index in [4.69, 9.17) is 9.47 Å². The molecule has 0 aliphatic carbocycles. The van der Waals surface area contributed by atoms with Crippen molar-refractivity contribution in [3.05, 3.63) is 29.8 Å². The number of rotatable bonds is 4. The zero-order valence-corrected chi connectivity index (χ0v) is 15.7. The first-order chi connectivity index (χ1) is 12.7. The summed E-state index contributed by atoms with van der Waals surface area (Å²) in [7, 11) is 0. The molecule has 3 saturated heterocycles. The lowest BCUT2D eigenvalue weighted by atomic mass is 9.91. The lowest BCUT2D eigenvalue weighted by Crippen LogP contribution is -2.42. The molecule has 0 saturated carbocycles. The van der Waals surface area contributed by atoms with Gasteiger partial charge in [-0.3, -0.25) is 4.79 Å². The average molecular weight is 358 g/mol. The number of ether oxygens (including phenoxy) is 2. The topological polar surface area (TPSA) is 50.8 Å². The largest absolute Gasteiger partial charge is 0.381 e. The molecule has 1 N–H and O–H groups in total. The molecular formula is C21H30N2O3. The highest BCUT2D eigenvalue weighted by Gasteiger charge is 2.41. The van der Waals surface area contributed by atoms with Crippen LogP contribution in [0, 0.1) is 18.8 Å².